The molecule has 1 heterocycles. The summed E-state index contributed by atoms with van der Waals surface area (Å²) in [6, 6.07) is 19.5. The van der Waals surface area contributed by atoms with E-state index in [4.69, 9.17) is 16.3 Å². The predicted molar refractivity (Wildman–Crippen MR) is 128 cm³/mol. The second kappa shape index (κ2) is 9.85. The van der Waals surface area contributed by atoms with Crippen molar-refractivity contribution in [3.8, 4) is 5.75 Å². The second-order valence-corrected chi connectivity index (χ2v) is 9.24. The number of carboxylic acids is 1. The molecule has 0 fully saturated rings. The van der Waals surface area contributed by atoms with Crippen LogP contribution in [0.25, 0.3) is 0 Å². The zero-order chi connectivity index (χ0) is 24.3. The van der Waals surface area contributed by atoms with Gasteiger partial charge in [-0.3, -0.25) is 9.59 Å². The number of nitrogens with zero attached hydrogens (tertiary/aromatic N) is 1. The molecule has 1 atom stereocenters. The smallest absolute Gasteiger partial charge is 0.323 e. The first-order valence-electron chi connectivity index (χ1n) is 11.0. The SMILES string of the molecule is C[C@]1(Cc2ccc(Cl)c(F)c2)Cc2cc(C(=O)N(CCc3ccccc3)CC(=O)O)ccc2O1. The molecule has 4 rings (SSSR count). The molecule has 5 nitrogen and oxygen atoms in total. The van der Waals surface area contributed by atoms with Crippen LogP contribution in [0, 0.1) is 5.82 Å². The molecule has 0 bridgehead atoms. The highest BCUT2D eigenvalue weighted by molar-refractivity contribution is 6.30. The van der Waals surface area contributed by atoms with Crippen LogP contribution in [0.5, 0.6) is 5.75 Å². The Hall–Kier alpha value is -3.38. The first-order chi connectivity index (χ1) is 16.2. The average molecular weight is 482 g/mol. The van der Waals surface area contributed by atoms with E-state index < -0.39 is 17.4 Å². The maximum absolute atomic E-state index is 13.9. The first kappa shape index (κ1) is 23.8. The van der Waals surface area contributed by atoms with E-state index in [2.05, 4.69) is 0 Å². The molecule has 7 heteroatoms. The van der Waals surface area contributed by atoms with Crippen LogP contribution in [-0.2, 0) is 24.1 Å². The van der Waals surface area contributed by atoms with Gasteiger partial charge in [-0.1, -0.05) is 48.0 Å². The van der Waals surface area contributed by atoms with Crippen molar-refractivity contribution in [3.63, 3.8) is 0 Å². The summed E-state index contributed by atoms with van der Waals surface area (Å²) in [4.78, 5) is 25.9. The van der Waals surface area contributed by atoms with E-state index in [0.717, 1.165) is 16.7 Å². The minimum absolute atomic E-state index is 0.0749. The Morgan fingerprint density at radius 3 is 2.56 bits per heavy atom. The van der Waals surface area contributed by atoms with Crippen LogP contribution >= 0.6 is 11.6 Å². The Morgan fingerprint density at radius 2 is 1.85 bits per heavy atom. The lowest BCUT2D eigenvalue weighted by Gasteiger charge is -2.24. The number of ether oxygens (including phenoxy) is 1. The molecule has 1 aliphatic rings. The summed E-state index contributed by atoms with van der Waals surface area (Å²) >= 11 is 5.79. The van der Waals surface area contributed by atoms with Crippen LogP contribution in [0.1, 0.15) is 34.0 Å². The highest BCUT2D eigenvalue weighted by atomic mass is 35.5. The van der Waals surface area contributed by atoms with Crippen LogP contribution in [0.3, 0.4) is 0 Å². The van der Waals surface area contributed by atoms with Crippen molar-refractivity contribution in [2.75, 3.05) is 13.1 Å². The summed E-state index contributed by atoms with van der Waals surface area (Å²) in [5.74, 6) is -1.20. The van der Waals surface area contributed by atoms with Crippen molar-refractivity contribution >= 4 is 23.5 Å². The van der Waals surface area contributed by atoms with Gasteiger partial charge >= 0.3 is 5.97 Å². The lowest BCUT2D eigenvalue weighted by atomic mass is 9.91. The minimum Gasteiger partial charge on any atom is -0.487 e. The number of carboxylic acid groups (broad SMARTS) is 1. The second-order valence-electron chi connectivity index (χ2n) is 8.83. The Labute approximate surface area is 202 Å². The third kappa shape index (κ3) is 5.57. The highest BCUT2D eigenvalue weighted by Gasteiger charge is 2.36. The normalized spacial score (nSPS) is 16.6. The summed E-state index contributed by atoms with van der Waals surface area (Å²) in [6.45, 7) is 1.86. The van der Waals surface area contributed by atoms with Crippen molar-refractivity contribution in [1.29, 1.82) is 0 Å². The molecular weight excluding hydrogens is 457 g/mol. The molecule has 34 heavy (non-hydrogen) atoms. The maximum Gasteiger partial charge on any atom is 0.323 e. The van der Waals surface area contributed by atoms with Gasteiger partial charge in [0.1, 0.15) is 23.7 Å². The standard InChI is InChI=1S/C27H25ClFNO4/c1-27(15-19-7-9-22(28)23(29)13-19)16-21-14-20(8-10-24(21)34-27)26(33)30(17-25(31)32)12-11-18-5-3-2-4-6-18/h2-10,13-14H,11-12,15-17H2,1H3,(H,31,32)/t27-/m0/s1. The molecule has 1 amide bonds. The molecule has 176 valence electrons. The summed E-state index contributed by atoms with van der Waals surface area (Å²) in [5, 5.41) is 9.40. The van der Waals surface area contributed by atoms with Crippen molar-refractivity contribution < 1.29 is 23.8 Å². The topological polar surface area (TPSA) is 66.8 Å². The Balaban J connectivity index is 1.49. The van der Waals surface area contributed by atoms with E-state index in [1.807, 2.05) is 37.3 Å². The number of amides is 1. The first-order valence-corrected chi connectivity index (χ1v) is 11.4. The van der Waals surface area contributed by atoms with Gasteiger partial charge < -0.3 is 14.7 Å². The van der Waals surface area contributed by atoms with Gasteiger partial charge in [-0.15, -0.1) is 0 Å². The molecule has 1 N–H and O–H groups in total. The fourth-order valence-electron chi connectivity index (χ4n) is 4.34. The lowest BCUT2D eigenvalue weighted by molar-refractivity contribution is -0.137. The van der Waals surface area contributed by atoms with Gasteiger partial charge in [0.05, 0.1) is 5.02 Å². The van der Waals surface area contributed by atoms with Crippen LogP contribution in [0.15, 0.2) is 66.7 Å². The van der Waals surface area contributed by atoms with E-state index in [-0.39, 0.29) is 17.5 Å². The van der Waals surface area contributed by atoms with Crippen LogP contribution in [0.2, 0.25) is 5.02 Å². The monoisotopic (exact) mass is 481 g/mol. The molecule has 0 saturated heterocycles. The fraction of sp³-hybridized carbons (Fsp3) is 0.259. The predicted octanol–water partition coefficient (Wildman–Crippen LogP) is 5.18. The van der Waals surface area contributed by atoms with Crippen molar-refractivity contribution in [2.45, 2.75) is 31.8 Å². The number of halogens is 2. The molecule has 0 unspecified atom stereocenters. The van der Waals surface area contributed by atoms with E-state index >= 15 is 0 Å². The highest BCUT2D eigenvalue weighted by Crippen LogP contribution is 2.38. The third-order valence-corrected chi connectivity index (χ3v) is 6.22. The van der Waals surface area contributed by atoms with E-state index in [9.17, 15) is 19.1 Å². The van der Waals surface area contributed by atoms with Gasteiger partial charge in [-0.25, -0.2) is 4.39 Å². The van der Waals surface area contributed by atoms with Gasteiger partial charge in [0.15, 0.2) is 0 Å². The van der Waals surface area contributed by atoms with Gasteiger partial charge in [-0.05, 0) is 60.4 Å². The van der Waals surface area contributed by atoms with Gasteiger partial charge in [0, 0.05) is 24.9 Å². The zero-order valence-corrected chi connectivity index (χ0v) is 19.5. The zero-order valence-electron chi connectivity index (χ0n) is 18.8. The van der Waals surface area contributed by atoms with Gasteiger partial charge in [0.25, 0.3) is 5.91 Å². The summed E-state index contributed by atoms with van der Waals surface area (Å²) in [5.41, 5.74) is 2.47. The summed E-state index contributed by atoms with van der Waals surface area (Å²) < 4.78 is 20.0. The maximum atomic E-state index is 13.9. The summed E-state index contributed by atoms with van der Waals surface area (Å²) in [7, 11) is 0. The number of fused-ring (bicyclic) bond motifs is 1. The van der Waals surface area contributed by atoms with Crippen molar-refractivity contribution in [3.05, 3.63) is 99.8 Å². The Kier molecular flexibility index (Phi) is 6.89. The van der Waals surface area contributed by atoms with Crippen LogP contribution < -0.4 is 4.74 Å². The number of hydrogen-bond acceptors (Lipinski definition) is 3. The average Bonchev–Trinajstić information content (AvgIpc) is 3.14. The molecule has 3 aromatic carbocycles. The van der Waals surface area contributed by atoms with Gasteiger partial charge in [0.2, 0.25) is 0 Å². The van der Waals surface area contributed by atoms with E-state index in [1.165, 1.54) is 17.0 Å². The Bertz CT molecular complexity index is 1220. The molecule has 0 aromatic heterocycles. The third-order valence-electron chi connectivity index (χ3n) is 5.92. The molecule has 0 radical (unpaired) electrons. The quantitative estimate of drug-likeness (QED) is 0.481. The molecule has 1 aliphatic heterocycles. The van der Waals surface area contributed by atoms with E-state index in [1.54, 1.807) is 24.3 Å². The minimum atomic E-state index is -1.06. The molecule has 3 aromatic rings. The molecular formula is C27H25ClFNO4. The number of rotatable bonds is 8. The van der Waals surface area contributed by atoms with Gasteiger partial charge in [-0.2, -0.15) is 0 Å². The fourth-order valence-corrected chi connectivity index (χ4v) is 4.46. The lowest BCUT2D eigenvalue weighted by Crippen LogP contribution is -2.37. The molecule has 0 aliphatic carbocycles. The number of aliphatic carboxylic acids is 1. The Morgan fingerprint density at radius 1 is 1.09 bits per heavy atom. The van der Waals surface area contributed by atoms with E-state index in [0.29, 0.717) is 37.1 Å². The summed E-state index contributed by atoms with van der Waals surface area (Å²) in [6.07, 6.45) is 1.57. The number of carbonyl (C=O) groups is 2. The van der Waals surface area contributed by atoms with Crippen molar-refractivity contribution in [1.82, 2.24) is 4.90 Å². The molecule has 0 saturated carbocycles. The van der Waals surface area contributed by atoms with Crippen LogP contribution in [-0.4, -0.2) is 40.6 Å². The molecule has 0 spiro atoms. The number of benzene rings is 3. The van der Waals surface area contributed by atoms with Crippen molar-refractivity contribution in [2.24, 2.45) is 0 Å². The number of hydrogen-bond donors (Lipinski definition) is 1. The largest absolute Gasteiger partial charge is 0.487 e. The van der Waals surface area contributed by atoms with Crippen LogP contribution in [0.4, 0.5) is 4.39 Å². The number of carbonyl (C=O) groups excluding carboxylic acids is 1.